The summed E-state index contributed by atoms with van der Waals surface area (Å²) in [5.74, 6) is -0.870. The van der Waals surface area contributed by atoms with Crippen LogP contribution in [0.2, 0.25) is 0 Å². The van der Waals surface area contributed by atoms with Gasteiger partial charge >= 0.3 is 17.9 Å². The standard InChI is InChI=1S/C69H122O6/c1-4-7-10-13-16-19-21-23-24-25-26-27-28-29-30-31-32-33-34-35-36-37-38-39-40-41-42-43-44-46-47-50-53-56-59-62-68(71)74-65-66(64-73-67(70)61-58-55-52-49-18-15-12-9-6-3)75-69(72)63-60-57-54-51-48-45-22-20-17-14-11-8-5-2/h7,10,16,19-20,22-24,26-27,29-30,66H,4-6,8-9,11-15,17-18,21,25,28,31-65H2,1-3H3/b10-7-,19-16-,22-20-,24-23-,27-26-,30-29-. The van der Waals surface area contributed by atoms with E-state index in [1.165, 1.54) is 193 Å². The number of unbranched alkanes of at least 4 members (excludes halogenated alkanes) is 36. The molecule has 0 fully saturated rings. The highest BCUT2D eigenvalue weighted by Crippen LogP contribution is 2.17. The van der Waals surface area contributed by atoms with E-state index in [1.807, 2.05) is 0 Å². The minimum atomic E-state index is -0.773. The predicted molar refractivity (Wildman–Crippen MR) is 325 cm³/mol. The molecule has 1 unspecified atom stereocenters. The molecule has 75 heavy (non-hydrogen) atoms. The van der Waals surface area contributed by atoms with E-state index < -0.39 is 6.10 Å². The molecule has 1 atom stereocenters. The number of rotatable bonds is 59. The first kappa shape index (κ1) is 71.8. The van der Waals surface area contributed by atoms with Crippen LogP contribution in [-0.2, 0) is 28.6 Å². The molecule has 0 aromatic heterocycles. The summed E-state index contributed by atoms with van der Waals surface area (Å²) in [5.41, 5.74) is 0. The van der Waals surface area contributed by atoms with E-state index in [9.17, 15) is 14.4 Å². The van der Waals surface area contributed by atoms with Crippen molar-refractivity contribution in [2.24, 2.45) is 0 Å². The van der Waals surface area contributed by atoms with Crippen molar-refractivity contribution < 1.29 is 28.6 Å². The van der Waals surface area contributed by atoms with Crippen LogP contribution in [0.25, 0.3) is 0 Å². The maximum Gasteiger partial charge on any atom is 0.306 e. The fourth-order valence-electron chi connectivity index (χ4n) is 9.35. The first-order valence-corrected chi connectivity index (χ1v) is 32.4. The Morgan fingerprint density at radius 2 is 0.520 bits per heavy atom. The Morgan fingerprint density at radius 1 is 0.280 bits per heavy atom. The minimum absolute atomic E-state index is 0.0730. The maximum absolute atomic E-state index is 12.8. The number of allylic oxidation sites excluding steroid dienone is 12. The van der Waals surface area contributed by atoms with Crippen molar-refractivity contribution in [1.82, 2.24) is 0 Å². The number of esters is 3. The van der Waals surface area contributed by atoms with Gasteiger partial charge in [-0.2, -0.15) is 0 Å². The lowest BCUT2D eigenvalue weighted by Crippen LogP contribution is -2.30. The molecule has 0 N–H and O–H groups in total. The second kappa shape index (κ2) is 63.4. The summed E-state index contributed by atoms with van der Waals surface area (Å²) in [6.07, 6.45) is 82.3. The van der Waals surface area contributed by atoms with Gasteiger partial charge in [-0.15, -0.1) is 0 Å². The molecule has 0 aromatic carbocycles. The van der Waals surface area contributed by atoms with Gasteiger partial charge in [0.05, 0.1) is 0 Å². The third-order valence-corrected chi connectivity index (χ3v) is 14.2. The van der Waals surface area contributed by atoms with Crippen LogP contribution in [0.4, 0.5) is 0 Å². The van der Waals surface area contributed by atoms with Gasteiger partial charge in [0.1, 0.15) is 13.2 Å². The number of hydrogen-bond acceptors (Lipinski definition) is 6. The highest BCUT2D eigenvalue weighted by Gasteiger charge is 2.19. The third kappa shape index (κ3) is 61.6. The molecule has 6 heteroatoms. The van der Waals surface area contributed by atoms with E-state index in [4.69, 9.17) is 14.2 Å². The molecule has 0 saturated heterocycles. The number of hydrogen-bond donors (Lipinski definition) is 0. The zero-order valence-electron chi connectivity index (χ0n) is 49.8. The Balaban J connectivity index is 3.99. The van der Waals surface area contributed by atoms with Crippen molar-refractivity contribution >= 4 is 17.9 Å². The Labute approximate surface area is 465 Å². The van der Waals surface area contributed by atoms with Crippen LogP contribution in [0.3, 0.4) is 0 Å². The van der Waals surface area contributed by atoms with E-state index in [0.29, 0.717) is 19.3 Å². The molecule has 0 amide bonds. The smallest absolute Gasteiger partial charge is 0.306 e. The fraction of sp³-hybridized carbons (Fsp3) is 0.783. The van der Waals surface area contributed by atoms with Gasteiger partial charge in [-0.25, -0.2) is 0 Å². The van der Waals surface area contributed by atoms with Crippen LogP contribution in [-0.4, -0.2) is 37.2 Å². The van der Waals surface area contributed by atoms with E-state index in [1.54, 1.807) is 0 Å². The van der Waals surface area contributed by atoms with Gasteiger partial charge in [0.2, 0.25) is 0 Å². The Kier molecular flexibility index (Phi) is 60.7. The van der Waals surface area contributed by atoms with Gasteiger partial charge in [-0.3, -0.25) is 14.4 Å². The minimum Gasteiger partial charge on any atom is -0.462 e. The predicted octanol–water partition coefficient (Wildman–Crippen LogP) is 22.1. The molecule has 0 aliphatic heterocycles. The summed E-state index contributed by atoms with van der Waals surface area (Å²) in [5, 5.41) is 0. The molecule has 0 radical (unpaired) electrons. The van der Waals surface area contributed by atoms with Crippen molar-refractivity contribution in [3.63, 3.8) is 0 Å². The quantitative estimate of drug-likeness (QED) is 0.0261. The lowest BCUT2D eigenvalue weighted by molar-refractivity contribution is -0.167. The lowest BCUT2D eigenvalue weighted by atomic mass is 10.0. The number of carbonyl (C=O) groups is 3. The zero-order chi connectivity index (χ0) is 54.3. The van der Waals surface area contributed by atoms with Crippen molar-refractivity contribution in [3.05, 3.63) is 72.9 Å². The second-order valence-electron chi connectivity index (χ2n) is 21.6. The molecule has 6 nitrogen and oxygen atoms in total. The average molecular weight is 1050 g/mol. The van der Waals surface area contributed by atoms with Crippen LogP contribution in [0.1, 0.15) is 329 Å². The topological polar surface area (TPSA) is 78.9 Å². The Hall–Kier alpha value is -3.15. The lowest BCUT2D eigenvalue weighted by Gasteiger charge is -2.18. The summed E-state index contributed by atoms with van der Waals surface area (Å²) in [6.45, 7) is 6.51. The highest BCUT2D eigenvalue weighted by molar-refractivity contribution is 5.71. The zero-order valence-corrected chi connectivity index (χ0v) is 49.8. The van der Waals surface area contributed by atoms with E-state index in [2.05, 4.69) is 93.7 Å². The molecule has 0 aliphatic carbocycles. The molecule has 434 valence electrons. The van der Waals surface area contributed by atoms with Gasteiger partial charge in [-0.1, -0.05) is 293 Å². The summed E-state index contributed by atoms with van der Waals surface area (Å²) >= 11 is 0. The van der Waals surface area contributed by atoms with Gasteiger partial charge in [0, 0.05) is 19.3 Å². The first-order valence-electron chi connectivity index (χ1n) is 32.4. The monoisotopic (exact) mass is 1050 g/mol. The van der Waals surface area contributed by atoms with Crippen molar-refractivity contribution in [2.75, 3.05) is 13.2 Å². The average Bonchev–Trinajstić information content (AvgIpc) is 3.41. The van der Waals surface area contributed by atoms with Gasteiger partial charge < -0.3 is 14.2 Å². The van der Waals surface area contributed by atoms with Crippen LogP contribution in [0.15, 0.2) is 72.9 Å². The normalized spacial score (nSPS) is 12.5. The molecular weight excluding hydrogens is 925 g/mol. The largest absolute Gasteiger partial charge is 0.462 e. The number of carbonyl (C=O) groups excluding carboxylic acids is 3. The van der Waals surface area contributed by atoms with Crippen molar-refractivity contribution in [1.29, 1.82) is 0 Å². The molecule has 0 aromatic rings. The van der Waals surface area contributed by atoms with E-state index in [0.717, 1.165) is 96.3 Å². The van der Waals surface area contributed by atoms with E-state index in [-0.39, 0.29) is 31.1 Å². The highest BCUT2D eigenvalue weighted by atomic mass is 16.6. The van der Waals surface area contributed by atoms with Crippen LogP contribution in [0, 0.1) is 0 Å². The molecular formula is C69H122O6. The third-order valence-electron chi connectivity index (χ3n) is 14.2. The summed E-state index contributed by atoms with van der Waals surface area (Å²) in [6, 6.07) is 0. The SMILES string of the molecule is CC/C=C\C/C=C\C/C=C\C/C=C\C/C=C\CCCCCCCCCCCCCCCCCCCCCC(=O)OCC(COC(=O)CCCCCCCCCCC)OC(=O)CCCCCCC/C=C\CCCCCC. The summed E-state index contributed by atoms with van der Waals surface area (Å²) in [7, 11) is 0. The molecule has 0 rings (SSSR count). The molecule has 0 heterocycles. The van der Waals surface area contributed by atoms with Crippen LogP contribution in [0.5, 0.6) is 0 Å². The second-order valence-corrected chi connectivity index (χ2v) is 21.6. The van der Waals surface area contributed by atoms with Gasteiger partial charge in [-0.05, 0) is 89.9 Å². The van der Waals surface area contributed by atoms with Gasteiger partial charge in [0.15, 0.2) is 6.10 Å². The van der Waals surface area contributed by atoms with Gasteiger partial charge in [0.25, 0.3) is 0 Å². The molecule has 0 aliphatic rings. The van der Waals surface area contributed by atoms with E-state index >= 15 is 0 Å². The van der Waals surface area contributed by atoms with Crippen molar-refractivity contribution in [2.45, 2.75) is 335 Å². The molecule has 0 spiro atoms. The Bertz CT molecular complexity index is 1390. The summed E-state index contributed by atoms with van der Waals surface area (Å²) in [4.78, 5) is 38.1. The molecule has 0 saturated carbocycles. The summed E-state index contributed by atoms with van der Waals surface area (Å²) < 4.78 is 16.8. The number of ether oxygens (including phenoxy) is 3. The maximum atomic E-state index is 12.8. The van der Waals surface area contributed by atoms with Crippen molar-refractivity contribution in [3.8, 4) is 0 Å². The van der Waals surface area contributed by atoms with Crippen LogP contribution >= 0.6 is 0 Å². The van der Waals surface area contributed by atoms with Crippen LogP contribution < -0.4 is 0 Å². The first-order chi connectivity index (χ1) is 37.0. The Morgan fingerprint density at radius 3 is 0.840 bits per heavy atom. The molecule has 0 bridgehead atoms. The fourth-order valence-corrected chi connectivity index (χ4v) is 9.35.